The van der Waals surface area contributed by atoms with Crippen LogP contribution in [0.4, 0.5) is 0 Å². The van der Waals surface area contributed by atoms with Gasteiger partial charge in [-0.3, -0.25) is 0 Å². The third-order valence-corrected chi connectivity index (χ3v) is 5.22. The Bertz CT molecular complexity index is 497. The number of aliphatic hydroxyl groups excluding tert-OH is 1. The summed E-state index contributed by atoms with van der Waals surface area (Å²) in [6.45, 7) is 4.92. The maximum absolute atomic E-state index is 12.1. The number of hydrogen-bond donors (Lipinski definition) is 2. The van der Waals surface area contributed by atoms with Gasteiger partial charge >= 0.3 is 0 Å². The van der Waals surface area contributed by atoms with Gasteiger partial charge in [-0.25, -0.2) is 13.1 Å². The van der Waals surface area contributed by atoms with Crippen molar-refractivity contribution in [2.24, 2.45) is 0 Å². The average Bonchev–Trinajstić information content (AvgIpc) is 2.80. The van der Waals surface area contributed by atoms with Gasteiger partial charge < -0.3 is 9.67 Å². The molecule has 1 aromatic heterocycles. The average molecular weight is 306 g/mol. The number of thioether (sulfide) groups is 1. The summed E-state index contributed by atoms with van der Waals surface area (Å²) in [5.41, 5.74) is 0.625. The molecular weight excluding hydrogens is 284 g/mol. The fraction of sp³-hybridized carbons (Fsp3) is 0.667. The molecule has 19 heavy (non-hydrogen) atoms. The quantitative estimate of drug-likeness (QED) is 0.762. The fourth-order valence-corrected chi connectivity index (χ4v) is 3.20. The highest BCUT2D eigenvalue weighted by Crippen LogP contribution is 2.15. The normalized spacial score (nSPS) is 13.7. The maximum atomic E-state index is 12.1. The summed E-state index contributed by atoms with van der Waals surface area (Å²) in [7, 11) is -3.49. The van der Waals surface area contributed by atoms with Crippen LogP contribution in [-0.2, 0) is 23.2 Å². The lowest BCUT2D eigenvalue weighted by Crippen LogP contribution is -2.29. The number of aromatic nitrogens is 1. The van der Waals surface area contributed by atoms with E-state index in [9.17, 15) is 13.5 Å². The summed E-state index contributed by atoms with van der Waals surface area (Å²) in [6.07, 6.45) is 4.42. The molecule has 1 heterocycles. The molecule has 0 aliphatic heterocycles. The van der Waals surface area contributed by atoms with Crippen molar-refractivity contribution < 1.29 is 13.5 Å². The summed E-state index contributed by atoms with van der Waals surface area (Å²) >= 11 is 1.61. The van der Waals surface area contributed by atoms with Crippen LogP contribution in [0.5, 0.6) is 0 Å². The Morgan fingerprint density at radius 3 is 2.74 bits per heavy atom. The zero-order chi connectivity index (χ0) is 14.5. The van der Waals surface area contributed by atoms with E-state index in [1.54, 1.807) is 22.5 Å². The first kappa shape index (κ1) is 16.6. The van der Waals surface area contributed by atoms with E-state index >= 15 is 0 Å². The predicted octanol–water partition coefficient (Wildman–Crippen LogP) is 1.42. The fourth-order valence-electron chi connectivity index (χ4n) is 1.65. The standard InChI is InChI=1S/C12H22N2O3S2/c1-4-5-14-8-12(6-11(14)9-15)19(16,17)13-7-10(2)18-3/h6,8,10,13,15H,4-5,7,9H2,1-3H3. The van der Waals surface area contributed by atoms with E-state index in [1.807, 2.05) is 20.1 Å². The molecule has 0 amide bonds. The number of sulfonamides is 1. The van der Waals surface area contributed by atoms with Crippen molar-refractivity contribution in [3.8, 4) is 0 Å². The number of nitrogens with one attached hydrogen (secondary N) is 1. The zero-order valence-electron chi connectivity index (χ0n) is 11.6. The van der Waals surface area contributed by atoms with Crippen molar-refractivity contribution in [2.75, 3.05) is 12.8 Å². The van der Waals surface area contributed by atoms with Crippen LogP contribution >= 0.6 is 11.8 Å². The van der Waals surface area contributed by atoms with Crippen molar-refractivity contribution in [3.63, 3.8) is 0 Å². The molecule has 0 bridgehead atoms. The molecule has 0 aliphatic carbocycles. The van der Waals surface area contributed by atoms with Crippen molar-refractivity contribution in [1.29, 1.82) is 0 Å². The van der Waals surface area contributed by atoms with Gasteiger partial charge in [0.2, 0.25) is 10.0 Å². The SMILES string of the molecule is CCCn1cc(S(=O)(=O)NCC(C)SC)cc1CO. The van der Waals surface area contributed by atoms with E-state index in [1.165, 1.54) is 6.07 Å². The van der Waals surface area contributed by atoms with Crippen LogP contribution in [0.1, 0.15) is 26.0 Å². The van der Waals surface area contributed by atoms with E-state index in [2.05, 4.69) is 4.72 Å². The summed E-state index contributed by atoms with van der Waals surface area (Å²) in [6, 6.07) is 1.53. The number of aliphatic hydroxyl groups is 1. The first-order chi connectivity index (χ1) is 8.94. The minimum atomic E-state index is -3.49. The highest BCUT2D eigenvalue weighted by atomic mass is 32.2. The van der Waals surface area contributed by atoms with E-state index in [-0.39, 0.29) is 16.8 Å². The van der Waals surface area contributed by atoms with Crippen molar-refractivity contribution in [3.05, 3.63) is 18.0 Å². The Labute approximate surface area is 119 Å². The van der Waals surface area contributed by atoms with Gasteiger partial charge in [-0.1, -0.05) is 13.8 Å². The third kappa shape index (κ3) is 4.52. The minimum absolute atomic E-state index is 0.156. The molecule has 0 fully saturated rings. The highest BCUT2D eigenvalue weighted by Gasteiger charge is 2.18. The number of rotatable bonds is 8. The molecule has 0 aromatic carbocycles. The lowest BCUT2D eigenvalue weighted by molar-refractivity contribution is 0.270. The molecule has 1 rings (SSSR count). The van der Waals surface area contributed by atoms with Crippen molar-refractivity contribution in [2.45, 2.75) is 43.6 Å². The summed E-state index contributed by atoms with van der Waals surface area (Å²) in [4.78, 5) is 0.221. The molecule has 5 nitrogen and oxygen atoms in total. The lowest BCUT2D eigenvalue weighted by Gasteiger charge is -2.09. The number of aryl methyl sites for hydroxylation is 1. The van der Waals surface area contributed by atoms with E-state index in [0.29, 0.717) is 18.8 Å². The van der Waals surface area contributed by atoms with Gasteiger partial charge in [-0.05, 0) is 18.7 Å². The molecule has 2 N–H and O–H groups in total. The zero-order valence-corrected chi connectivity index (χ0v) is 13.2. The van der Waals surface area contributed by atoms with Gasteiger partial charge in [0.05, 0.1) is 11.5 Å². The molecule has 1 atom stereocenters. The second-order valence-corrected chi connectivity index (χ2v) is 7.46. The Morgan fingerprint density at radius 1 is 1.53 bits per heavy atom. The van der Waals surface area contributed by atoms with Crippen LogP contribution in [-0.4, -0.2) is 36.1 Å². The van der Waals surface area contributed by atoms with Gasteiger partial charge in [-0.15, -0.1) is 0 Å². The highest BCUT2D eigenvalue weighted by molar-refractivity contribution is 7.99. The predicted molar refractivity (Wildman–Crippen MR) is 78.8 cm³/mol. The number of hydrogen-bond acceptors (Lipinski definition) is 4. The molecule has 0 saturated heterocycles. The summed E-state index contributed by atoms with van der Waals surface area (Å²) < 4.78 is 28.6. The third-order valence-electron chi connectivity index (χ3n) is 2.86. The van der Waals surface area contributed by atoms with Gasteiger partial charge in [0.25, 0.3) is 0 Å². The molecule has 0 aliphatic rings. The van der Waals surface area contributed by atoms with Crippen LogP contribution < -0.4 is 4.72 Å². The van der Waals surface area contributed by atoms with E-state index in [4.69, 9.17) is 0 Å². The van der Waals surface area contributed by atoms with Gasteiger partial charge in [0.15, 0.2) is 0 Å². The smallest absolute Gasteiger partial charge is 0.242 e. The molecule has 7 heteroatoms. The van der Waals surface area contributed by atoms with Crippen LogP contribution in [0.3, 0.4) is 0 Å². The maximum Gasteiger partial charge on any atom is 0.242 e. The molecule has 0 spiro atoms. The number of nitrogens with zero attached hydrogens (tertiary/aromatic N) is 1. The first-order valence-corrected chi connectivity index (χ1v) is 9.04. The Hall–Kier alpha value is -0.500. The summed E-state index contributed by atoms with van der Waals surface area (Å²) in [5.74, 6) is 0. The van der Waals surface area contributed by atoms with Gasteiger partial charge in [0.1, 0.15) is 0 Å². The largest absolute Gasteiger partial charge is 0.390 e. The monoisotopic (exact) mass is 306 g/mol. The molecule has 1 unspecified atom stereocenters. The van der Waals surface area contributed by atoms with Crippen LogP contribution in [0, 0.1) is 0 Å². The molecular formula is C12H22N2O3S2. The minimum Gasteiger partial charge on any atom is -0.390 e. The molecule has 0 saturated carbocycles. The van der Waals surface area contributed by atoms with E-state index in [0.717, 1.165) is 6.42 Å². The Kier molecular flexibility index (Phi) is 6.38. The van der Waals surface area contributed by atoms with E-state index < -0.39 is 10.0 Å². The second kappa shape index (κ2) is 7.33. The van der Waals surface area contributed by atoms with Crippen molar-refractivity contribution in [1.82, 2.24) is 9.29 Å². The lowest BCUT2D eigenvalue weighted by atomic mass is 10.4. The van der Waals surface area contributed by atoms with Gasteiger partial charge in [-0.2, -0.15) is 11.8 Å². The topological polar surface area (TPSA) is 71.3 Å². The van der Waals surface area contributed by atoms with Gasteiger partial charge in [0, 0.05) is 30.2 Å². The molecule has 110 valence electrons. The molecule has 0 radical (unpaired) electrons. The first-order valence-electron chi connectivity index (χ1n) is 6.27. The van der Waals surface area contributed by atoms with Crippen LogP contribution in [0.25, 0.3) is 0 Å². The van der Waals surface area contributed by atoms with Crippen LogP contribution in [0.2, 0.25) is 0 Å². The van der Waals surface area contributed by atoms with Crippen LogP contribution in [0.15, 0.2) is 17.2 Å². The Balaban J connectivity index is 2.89. The second-order valence-electron chi connectivity index (χ2n) is 4.42. The Morgan fingerprint density at radius 2 is 2.21 bits per heavy atom. The van der Waals surface area contributed by atoms with Crippen molar-refractivity contribution >= 4 is 21.8 Å². The molecule has 1 aromatic rings. The summed E-state index contributed by atoms with van der Waals surface area (Å²) in [5, 5.41) is 9.47.